The molecule has 4 aromatic carbocycles. The number of ether oxygens (including phenoxy) is 7. The minimum Gasteiger partial charge on any atom is -0.489 e. The molecule has 2 heterocycles. The number of rotatable bonds is 25. The fourth-order valence-corrected chi connectivity index (χ4v) is 7.87. The van der Waals surface area contributed by atoms with Gasteiger partial charge in [-0.25, -0.2) is 19.6 Å². The fraction of sp³-hybridized carbons (Fsp3) is 0.355. The second-order valence-electron chi connectivity index (χ2n) is 18.8. The maximum atomic E-state index is 13.2. The Hall–Kier alpha value is -8.45. The SMILES string of the molecule is COCCOCCl.COCCOCOC(=O)c1cc(OCc2ccccc2)c(C)cc1-c1ccc(C(=O)NCC2CC2)nc1C.Cc1cc(-c2ccc(C(=O)NCC3CC3)nc2C)c(C(=O)O)cc1OCc1ccccc1.O=C=O.O=C=O. The molecule has 0 saturated heterocycles. The van der Waals surface area contributed by atoms with Gasteiger partial charge < -0.3 is 48.9 Å². The predicted molar refractivity (Wildman–Crippen MR) is 304 cm³/mol. The minimum absolute atomic E-state index is 0.134. The van der Waals surface area contributed by atoms with Crippen LogP contribution in [0.4, 0.5) is 0 Å². The summed E-state index contributed by atoms with van der Waals surface area (Å²) >= 11 is 5.16. The Morgan fingerprint density at radius 2 is 0.976 bits per heavy atom. The number of carbonyl (C=O) groups excluding carboxylic acids is 7. The molecule has 8 rings (SSSR count). The van der Waals surface area contributed by atoms with Crippen LogP contribution in [-0.2, 0) is 56.1 Å². The van der Waals surface area contributed by atoms with Gasteiger partial charge in [0, 0.05) is 49.8 Å². The fourth-order valence-electron chi connectivity index (χ4n) is 7.76. The smallest absolute Gasteiger partial charge is 0.373 e. The van der Waals surface area contributed by atoms with E-state index in [0.29, 0.717) is 121 Å². The largest absolute Gasteiger partial charge is 0.489 e. The number of nitrogens with zero attached hydrogens (tertiary/aromatic N) is 2. The molecule has 3 N–H and O–H groups in total. The van der Waals surface area contributed by atoms with E-state index in [1.807, 2.05) is 93.6 Å². The standard InChI is InChI=1S/C30H34N2O6.C26H26N2O4.C4H9ClO2.2CO2/c1-20-15-25(24-11-12-27(32-21(24)2)29(33)31-17-22-9-10-22)26(30(34)38-19-36-14-13-35-3)16-28(20)37-18-23-7-5-4-6-8-23;1-16-12-21(20-10-11-23(28-17(20)2)25(29)27-14-18-8-9-18)22(26(30)31)13-24(16)32-15-19-6-4-3-5-7-19;1-6-2-3-7-4-5;2*2-1-3/h4-8,11-12,15-16,22H,9-10,13-14,17-19H2,1-3H3,(H,31,33);3-7,10-13,18H,8-9,14-15H2,1-2H3,(H,27,29)(H,30,31);2-4H2,1H3;;. The highest BCUT2D eigenvalue weighted by molar-refractivity contribution is 6.17. The lowest BCUT2D eigenvalue weighted by atomic mass is 9.95. The summed E-state index contributed by atoms with van der Waals surface area (Å²) in [6, 6.07) is 33.6. The van der Waals surface area contributed by atoms with Crippen molar-refractivity contribution in [3.05, 3.63) is 165 Å². The van der Waals surface area contributed by atoms with E-state index in [0.717, 1.165) is 53.5 Å². The Balaban J connectivity index is 0.000000297. The van der Waals surface area contributed by atoms with E-state index in [1.54, 1.807) is 57.5 Å². The predicted octanol–water partition coefficient (Wildman–Crippen LogP) is 9.32. The number of carboxylic acids is 1. The Morgan fingerprint density at radius 1 is 0.566 bits per heavy atom. The maximum Gasteiger partial charge on any atom is 0.373 e. The molecular formula is C62H69ClN4O16. The number of esters is 1. The van der Waals surface area contributed by atoms with Gasteiger partial charge in [0.05, 0.1) is 37.6 Å². The van der Waals surface area contributed by atoms with Crippen molar-refractivity contribution in [1.82, 2.24) is 20.6 Å². The molecule has 2 amide bonds. The number of aryl methyl sites for hydroxylation is 4. The van der Waals surface area contributed by atoms with Gasteiger partial charge in [-0.15, -0.1) is 0 Å². The highest BCUT2D eigenvalue weighted by Gasteiger charge is 2.25. The van der Waals surface area contributed by atoms with Crippen LogP contribution < -0.4 is 20.1 Å². The molecule has 2 aliphatic rings. The zero-order chi connectivity index (χ0) is 60.5. The summed E-state index contributed by atoms with van der Waals surface area (Å²) in [7, 11) is 3.20. The van der Waals surface area contributed by atoms with Crippen molar-refractivity contribution in [2.75, 3.05) is 66.6 Å². The average molecular weight is 1160 g/mol. The van der Waals surface area contributed by atoms with Crippen molar-refractivity contribution in [3.8, 4) is 33.8 Å². The summed E-state index contributed by atoms with van der Waals surface area (Å²) < 4.78 is 37.0. The zero-order valence-corrected chi connectivity index (χ0v) is 48.0. The third-order valence-electron chi connectivity index (χ3n) is 12.5. The van der Waals surface area contributed by atoms with Crippen molar-refractivity contribution >= 4 is 47.7 Å². The number of alkyl halides is 1. The summed E-state index contributed by atoms with van der Waals surface area (Å²) in [5.41, 5.74) is 8.68. The molecule has 0 atom stereocenters. The maximum absolute atomic E-state index is 13.2. The van der Waals surface area contributed by atoms with Gasteiger partial charge >= 0.3 is 24.2 Å². The lowest BCUT2D eigenvalue weighted by molar-refractivity contribution is -0.193. The minimum atomic E-state index is -1.05. The molecule has 0 radical (unpaired) electrons. The summed E-state index contributed by atoms with van der Waals surface area (Å²) in [5, 5.41) is 15.7. The highest BCUT2D eigenvalue weighted by atomic mass is 35.5. The van der Waals surface area contributed by atoms with Crippen LogP contribution in [0, 0.1) is 39.5 Å². The first kappa shape index (κ1) is 67.1. The molecule has 20 nitrogen and oxygen atoms in total. The lowest BCUT2D eigenvalue weighted by Crippen LogP contribution is -2.26. The van der Waals surface area contributed by atoms with Crippen LogP contribution in [0.2, 0.25) is 0 Å². The first-order valence-corrected chi connectivity index (χ1v) is 26.9. The Morgan fingerprint density at radius 3 is 1.36 bits per heavy atom. The second kappa shape index (κ2) is 36.8. The van der Waals surface area contributed by atoms with E-state index >= 15 is 0 Å². The lowest BCUT2D eigenvalue weighted by Gasteiger charge is -2.17. The van der Waals surface area contributed by atoms with Gasteiger partial charge in [0.15, 0.2) is 6.79 Å². The third-order valence-corrected chi connectivity index (χ3v) is 12.6. The number of benzene rings is 4. The van der Waals surface area contributed by atoms with E-state index in [4.69, 9.17) is 59.2 Å². The topological polar surface area (TPSA) is 271 Å². The number of carbonyl (C=O) groups is 4. The molecule has 2 aliphatic carbocycles. The van der Waals surface area contributed by atoms with Gasteiger partial charge in [0.2, 0.25) is 0 Å². The number of amides is 2. The third kappa shape index (κ3) is 23.5. The molecule has 0 bridgehead atoms. The Labute approximate surface area is 487 Å². The van der Waals surface area contributed by atoms with Gasteiger partial charge in [-0.05, 0) is 135 Å². The molecule has 83 heavy (non-hydrogen) atoms. The number of halogens is 1. The van der Waals surface area contributed by atoms with Gasteiger partial charge in [-0.2, -0.15) is 19.2 Å². The van der Waals surface area contributed by atoms with E-state index < -0.39 is 11.9 Å². The number of nitrogens with one attached hydrogen (secondary N) is 2. The molecule has 2 fully saturated rings. The second-order valence-corrected chi connectivity index (χ2v) is 19.0. The van der Waals surface area contributed by atoms with Crippen LogP contribution >= 0.6 is 11.6 Å². The number of pyridine rings is 2. The van der Waals surface area contributed by atoms with Crippen LogP contribution in [0.3, 0.4) is 0 Å². The van der Waals surface area contributed by atoms with Crippen LogP contribution in [0.25, 0.3) is 22.3 Å². The van der Waals surface area contributed by atoms with E-state index in [2.05, 4.69) is 25.3 Å². The first-order chi connectivity index (χ1) is 40.1. The molecule has 21 heteroatoms. The van der Waals surface area contributed by atoms with Crippen LogP contribution in [0.15, 0.2) is 109 Å². The van der Waals surface area contributed by atoms with Crippen LogP contribution in [0.5, 0.6) is 11.5 Å². The zero-order valence-electron chi connectivity index (χ0n) is 47.3. The summed E-state index contributed by atoms with van der Waals surface area (Å²) in [6.07, 6.45) is 5.14. The Bertz CT molecular complexity index is 3090. The number of aromatic carboxylic acids is 1. The number of carboxylic acid groups (broad SMARTS) is 1. The van der Waals surface area contributed by atoms with Gasteiger partial charge in [0.1, 0.15) is 42.2 Å². The first-order valence-electron chi connectivity index (χ1n) is 26.4. The summed E-state index contributed by atoms with van der Waals surface area (Å²) in [5.74, 6) is 0.275. The molecule has 440 valence electrons. The molecule has 0 unspecified atom stereocenters. The molecule has 2 aromatic heterocycles. The van der Waals surface area contributed by atoms with Crippen molar-refractivity contribution in [1.29, 1.82) is 0 Å². The monoisotopic (exact) mass is 1160 g/mol. The van der Waals surface area contributed by atoms with Crippen molar-refractivity contribution in [2.24, 2.45) is 11.8 Å². The number of hydrogen-bond donors (Lipinski definition) is 3. The summed E-state index contributed by atoms with van der Waals surface area (Å²) in [6.45, 7) is 11.2. The van der Waals surface area contributed by atoms with E-state index in [-0.39, 0.29) is 42.5 Å². The van der Waals surface area contributed by atoms with Gasteiger partial charge in [-0.1, -0.05) is 84.4 Å². The van der Waals surface area contributed by atoms with Crippen LogP contribution in [0.1, 0.15) is 101 Å². The van der Waals surface area contributed by atoms with Crippen LogP contribution in [-0.4, -0.2) is 118 Å². The Kier molecular flexibility index (Phi) is 29.7. The average Bonchev–Trinajstić information content (AvgIpc) is 4.64. The molecule has 0 aliphatic heterocycles. The number of methoxy groups -OCH3 is 2. The van der Waals surface area contributed by atoms with Gasteiger partial charge in [0.25, 0.3) is 11.8 Å². The molecule has 2 saturated carbocycles. The molecule has 6 aromatic rings. The number of hydrogen-bond acceptors (Lipinski definition) is 17. The van der Waals surface area contributed by atoms with E-state index in [1.165, 1.54) is 0 Å². The van der Waals surface area contributed by atoms with Crippen molar-refractivity contribution in [3.63, 3.8) is 0 Å². The quantitative estimate of drug-likeness (QED) is 0.0208. The van der Waals surface area contributed by atoms with Crippen molar-refractivity contribution < 1.29 is 76.6 Å². The highest BCUT2D eigenvalue weighted by Crippen LogP contribution is 2.35. The number of aromatic nitrogens is 2. The summed E-state index contributed by atoms with van der Waals surface area (Å²) in [4.78, 5) is 91.6. The normalized spacial score (nSPS) is 11.8. The molecule has 0 spiro atoms. The van der Waals surface area contributed by atoms with Gasteiger partial charge in [-0.3, -0.25) is 9.59 Å². The van der Waals surface area contributed by atoms with Crippen molar-refractivity contribution in [2.45, 2.75) is 66.6 Å². The van der Waals surface area contributed by atoms with E-state index in [9.17, 15) is 24.3 Å². The molecular weight excluding hydrogens is 1090 g/mol.